The maximum absolute atomic E-state index is 11.2. The van der Waals surface area contributed by atoms with Crippen molar-refractivity contribution in [2.45, 2.75) is 11.5 Å². The minimum absolute atomic E-state index is 0.209. The van der Waals surface area contributed by atoms with Gasteiger partial charge in [-0.2, -0.15) is 0 Å². The Morgan fingerprint density at radius 2 is 2.21 bits per heavy atom. The summed E-state index contributed by atoms with van der Waals surface area (Å²) < 4.78 is 27.4. The van der Waals surface area contributed by atoms with Gasteiger partial charge in [0.15, 0.2) is 9.84 Å². The fourth-order valence-corrected chi connectivity index (χ4v) is 2.08. The maximum Gasteiger partial charge on any atom is 0.491 e. The highest BCUT2D eigenvalue weighted by molar-refractivity contribution is 7.90. The molecule has 74 valence electrons. The molecule has 14 heavy (non-hydrogen) atoms. The van der Waals surface area contributed by atoms with Crippen molar-refractivity contribution in [1.29, 1.82) is 0 Å². The Bertz CT molecular complexity index is 468. The summed E-state index contributed by atoms with van der Waals surface area (Å²) in [5.41, 5.74) is 1.39. The third kappa shape index (κ3) is 1.56. The number of benzene rings is 1. The predicted octanol–water partition coefficient (Wildman–Crippen LogP) is -0.692. The monoisotopic (exact) mass is 212 g/mol. The zero-order valence-corrected chi connectivity index (χ0v) is 8.41. The lowest BCUT2D eigenvalue weighted by Crippen LogP contribution is -2.28. The van der Waals surface area contributed by atoms with Gasteiger partial charge in [-0.15, -0.1) is 0 Å². The van der Waals surface area contributed by atoms with E-state index in [9.17, 15) is 13.4 Å². The first kappa shape index (κ1) is 9.70. The smallest absolute Gasteiger partial charge is 0.423 e. The molecule has 0 amide bonds. The predicted molar refractivity (Wildman–Crippen MR) is 51.9 cm³/mol. The van der Waals surface area contributed by atoms with Crippen molar-refractivity contribution in [2.24, 2.45) is 0 Å². The average Bonchev–Trinajstić information content (AvgIpc) is 2.46. The SMILES string of the molecule is CS(=O)(=O)c1ccc2c(c1)B(O)OC2. The highest BCUT2D eigenvalue weighted by atomic mass is 32.2. The van der Waals surface area contributed by atoms with E-state index in [1.54, 1.807) is 6.07 Å². The molecule has 4 nitrogen and oxygen atoms in total. The van der Waals surface area contributed by atoms with Crippen LogP contribution in [0.15, 0.2) is 23.1 Å². The first-order chi connectivity index (χ1) is 6.48. The van der Waals surface area contributed by atoms with Crippen molar-refractivity contribution in [3.8, 4) is 0 Å². The first-order valence-corrected chi connectivity index (χ1v) is 6.00. The van der Waals surface area contributed by atoms with Crippen LogP contribution in [0.3, 0.4) is 0 Å². The minimum atomic E-state index is -3.21. The first-order valence-electron chi connectivity index (χ1n) is 4.11. The van der Waals surface area contributed by atoms with Crippen LogP contribution in [0.25, 0.3) is 0 Å². The van der Waals surface area contributed by atoms with Gasteiger partial charge in [0.2, 0.25) is 0 Å². The molecule has 0 atom stereocenters. The Kier molecular flexibility index (Phi) is 2.13. The van der Waals surface area contributed by atoms with Gasteiger partial charge in [-0.1, -0.05) is 6.07 Å². The molecule has 1 aromatic rings. The van der Waals surface area contributed by atoms with Crippen LogP contribution in [0.1, 0.15) is 5.56 Å². The summed E-state index contributed by atoms with van der Waals surface area (Å²) in [6.07, 6.45) is 1.14. The molecule has 0 unspecified atom stereocenters. The Morgan fingerprint density at radius 1 is 1.50 bits per heavy atom. The maximum atomic E-state index is 11.2. The molecule has 0 spiro atoms. The van der Waals surface area contributed by atoms with Crippen LogP contribution >= 0.6 is 0 Å². The van der Waals surface area contributed by atoms with Gasteiger partial charge in [0, 0.05) is 6.26 Å². The molecule has 0 radical (unpaired) electrons. The molecule has 0 saturated carbocycles. The van der Waals surface area contributed by atoms with Crippen molar-refractivity contribution in [3.05, 3.63) is 23.8 Å². The summed E-state index contributed by atoms with van der Waals surface area (Å²) in [7, 11) is -4.21. The van der Waals surface area contributed by atoms with Crippen molar-refractivity contribution < 1.29 is 18.1 Å². The van der Waals surface area contributed by atoms with Gasteiger partial charge in [0.05, 0.1) is 11.5 Å². The van der Waals surface area contributed by atoms with E-state index in [-0.39, 0.29) is 4.90 Å². The van der Waals surface area contributed by atoms with Crippen LogP contribution in [0.2, 0.25) is 0 Å². The largest absolute Gasteiger partial charge is 0.491 e. The lowest BCUT2D eigenvalue weighted by molar-refractivity contribution is 0.275. The van der Waals surface area contributed by atoms with E-state index in [1.165, 1.54) is 12.1 Å². The van der Waals surface area contributed by atoms with Gasteiger partial charge in [0.1, 0.15) is 0 Å². The Labute approximate surface area is 82.6 Å². The van der Waals surface area contributed by atoms with Gasteiger partial charge < -0.3 is 9.68 Å². The van der Waals surface area contributed by atoms with E-state index in [0.717, 1.165) is 11.8 Å². The topological polar surface area (TPSA) is 63.6 Å². The van der Waals surface area contributed by atoms with Crippen molar-refractivity contribution in [1.82, 2.24) is 0 Å². The Morgan fingerprint density at radius 3 is 2.86 bits per heavy atom. The minimum Gasteiger partial charge on any atom is -0.423 e. The second-order valence-corrected chi connectivity index (χ2v) is 5.31. The highest BCUT2D eigenvalue weighted by Crippen LogP contribution is 2.14. The standard InChI is InChI=1S/C8H9BO4S/c1-14(11,12)7-3-2-6-5-13-9(10)8(6)4-7/h2-4,10H,5H2,1H3. The van der Waals surface area contributed by atoms with Crippen molar-refractivity contribution >= 4 is 22.4 Å². The van der Waals surface area contributed by atoms with Crippen molar-refractivity contribution in [3.63, 3.8) is 0 Å². The second kappa shape index (κ2) is 3.08. The summed E-state index contributed by atoms with van der Waals surface area (Å²) in [5, 5.41) is 9.35. The zero-order chi connectivity index (χ0) is 10.3. The molecule has 0 fully saturated rings. The number of hydrogen-bond acceptors (Lipinski definition) is 4. The van der Waals surface area contributed by atoms with E-state index in [2.05, 4.69) is 0 Å². The fraction of sp³-hybridized carbons (Fsp3) is 0.250. The Hall–Kier alpha value is -0.845. The van der Waals surface area contributed by atoms with Crippen LogP contribution < -0.4 is 5.46 Å². The molecule has 1 aliphatic heterocycles. The normalized spacial score (nSPS) is 15.7. The van der Waals surface area contributed by atoms with Gasteiger partial charge in [0.25, 0.3) is 0 Å². The molecule has 2 rings (SSSR count). The van der Waals surface area contributed by atoms with Crippen LogP contribution in [0, 0.1) is 0 Å². The molecule has 1 N–H and O–H groups in total. The summed E-state index contributed by atoms with van der Waals surface area (Å²) in [5.74, 6) is 0. The summed E-state index contributed by atoms with van der Waals surface area (Å²) >= 11 is 0. The molecular formula is C8H9BO4S. The zero-order valence-electron chi connectivity index (χ0n) is 7.60. The van der Waals surface area contributed by atoms with Gasteiger partial charge in [-0.25, -0.2) is 8.42 Å². The lowest BCUT2D eigenvalue weighted by atomic mass is 9.80. The number of rotatable bonds is 1. The van der Waals surface area contributed by atoms with Crippen LogP contribution in [0.4, 0.5) is 0 Å². The molecule has 1 aromatic carbocycles. The molecular weight excluding hydrogens is 203 g/mol. The van der Waals surface area contributed by atoms with Gasteiger partial charge in [-0.3, -0.25) is 0 Å². The average molecular weight is 212 g/mol. The summed E-state index contributed by atoms with van der Waals surface area (Å²) in [6.45, 7) is 0.334. The van der Waals surface area contributed by atoms with Crippen LogP contribution in [0.5, 0.6) is 0 Å². The number of hydrogen-bond donors (Lipinski definition) is 1. The third-order valence-electron chi connectivity index (χ3n) is 2.21. The highest BCUT2D eigenvalue weighted by Gasteiger charge is 2.28. The van der Waals surface area contributed by atoms with E-state index < -0.39 is 17.0 Å². The lowest BCUT2D eigenvalue weighted by Gasteiger charge is -2.01. The molecule has 0 aliphatic carbocycles. The van der Waals surface area contributed by atoms with E-state index in [1.807, 2.05) is 0 Å². The summed E-state index contributed by atoms with van der Waals surface area (Å²) in [4.78, 5) is 0.209. The van der Waals surface area contributed by atoms with Gasteiger partial charge >= 0.3 is 7.12 Å². The third-order valence-corrected chi connectivity index (χ3v) is 3.32. The van der Waals surface area contributed by atoms with E-state index >= 15 is 0 Å². The number of sulfone groups is 1. The molecule has 6 heteroatoms. The van der Waals surface area contributed by atoms with Crippen molar-refractivity contribution in [2.75, 3.05) is 6.26 Å². The fourth-order valence-electron chi connectivity index (χ4n) is 1.42. The quantitative estimate of drug-likeness (QED) is 0.625. The van der Waals surface area contributed by atoms with E-state index in [4.69, 9.17) is 4.65 Å². The summed E-state index contributed by atoms with van der Waals surface area (Å²) in [6, 6.07) is 4.65. The Balaban J connectivity index is 2.56. The molecule has 1 heterocycles. The molecule has 0 bridgehead atoms. The van der Waals surface area contributed by atoms with Gasteiger partial charge in [-0.05, 0) is 23.2 Å². The second-order valence-electron chi connectivity index (χ2n) is 3.30. The molecule has 1 aliphatic rings. The number of fused-ring (bicyclic) bond motifs is 1. The van der Waals surface area contributed by atoms with Crippen LogP contribution in [-0.2, 0) is 21.1 Å². The van der Waals surface area contributed by atoms with E-state index in [0.29, 0.717) is 12.1 Å². The molecule has 0 aromatic heterocycles. The molecule has 0 saturated heterocycles. The van der Waals surface area contributed by atoms with Crippen LogP contribution in [-0.4, -0.2) is 26.8 Å².